The van der Waals surface area contributed by atoms with Gasteiger partial charge in [0.05, 0.1) is 12.5 Å². The first-order valence-corrected chi connectivity index (χ1v) is 10.6. The summed E-state index contributed by atoms with van der Waals surface area (Å²) in [5.41, 5.74) is 5.09. The van der Waals surface area contributed by atoms with E-state index in [1.165, 1.54) is 0 Å². The van der Waals surface area contributed by atoms with Crippen molar-refractivity contribution in [3.8, 4) is 0 Å². The Labute approximate surface area is 176 Å². The fraction of sp³-hybridized carbons (Fsp3) is 0.700. The van der Waals surface area contributed by atoms with Crippen LogP contribution in [0.25, 0.3) is 0 Å². The van der Waals surface area contributed by atoms with Crippen molar-refractivity contribution in [3.05, 3.63) is 11.6 Å². The number of nitrogens with one attached hydrogen (secondary N) is 2. The molecule has 1 saturated carbocycles. The van der Waals surface area contributed by atoms with Crippen molar-refractivity contribution in [3.63, 3.8) is 0 Å². The molecule has 0 aromatic carbocycles. The molecule has 1 aliphatic carbocycles. The second-order valence-corrected chi connectivity index (χ2v) is 8.52. The van der Waals surface area contributed by atoms with E-state index in [0.29, 0.717) is 29.1 Å². The van der Waals surface area contributed by atoms with Crippen molar-refractivity contribution in [2.24, 2.45) is 17.8 Å². The summed E-state index contributed by atoms with van der Waals surface area (Å²) < 4.78 is 15.0. The zero-order chi connectivity index (χ0) is 21.7. The Balaban J connectivity index is 1.68. The second-order valence-electron chi connectivity index (χ2n) is 8.52. The molecule has 30 heavy (non-hydrogen) atoms. The van der Waals surface area contributed by atoms with E-state index in [1.54, 1.807) is 6.92 Å². The highest BCUT2D eigenvalue weighted by Crippen LogP contribution is 2.31. The SMILES string of the molecule is Cc1nc(NNC(=O)C(CC2CCCC2)CN(O)C=O)c(F)c(N2CC[C@@H](C)C2)n1. The van der Waals surface area contributed by atoms with E-state index in [9.17, 15) is 14.8 Å². The lowest BCUT2D eigenvalue weighted by Crippen LogP contribution is -2.41. The van der Waals surface area contributed by atoms with Crippen molar-refractivity contribution < 1.29 is 19.2 Å². The zero-order valence-corrected chi connectivity index (χ0v) is 17.6. The first-order chi connectivity index (χ1) is 14.4. The minimum atomic E-state index is -0.612. The molecule has 9 nitrogen and oxygen atoms in total. The molecule has 2 aliphatic rings. The molecule has 1 saturated heterocycles. The lowest BCUT2D eigenvalue weighted by molar-refractivity contribution is -0.154. The van der Waals surface area contributed by atoms with Gasteiger partial charge in [0.1, 0.15) is 5.82 Å². The van der Waals surface area contributed by atoms with Gasteiger partial charge in [-0.1, -0.05) is 32.6 Å². The van der Waals surface area contributed by atoms with E-state index in [0.717, 1.165) is 45.2 Å². The predicted octanol–water partition coefficient (Wildman–Crippen LogP) is 2.26. The molecule has 0 spiro atoms. The summed E-state index contributed by atoms with van der Waals surface area (Å²) in [6.07, 6.45) is 6.11. The number of rotatable bonds is 9. The number of anilines is 2. The molecule has 2 atom stereocenters. The summed E-state index contributed by atoms with van der Waals surface area (Å²) >= 11 is 0. The van der Waals surface area contributed by atoms with E-state index < -0.39 is 17.6 Å². The van der Waals surface area contributed by atoms with Crippen molar-refractivity contribution in [1.29, 1.82) is 0 Å². The monoisotopic (exact) mass is 422 g/mol. The van der Waals surface area contributed by atoms with Crippen LogP contribution in [0.5, 0.6) is 0 Å². The van der Waals surface area contributed by atoms with Crippen LogP contribution in [-0.4, -0.2) is 52.2 Å². The molecule has 0 bridgehead atoms. The summed E-state index contributed by atoms with van der Waals surface area (Å²) in [4.78, 5) is 33.7. The van der Waals surface area contributed by atoms with Crippen molar-refractivity contribution in [1.82, 2.24) is 20.5 Å². The molecular formula is C20H31FN6O3. The number of halogens is 1. The Morgan fingerprint density at radius 3 is 2.73 bits per heavy atom. The van der Waals surface area contributed by atoms with Crippen LogP contribution in [0.4, 0.5) is 16.0 Å². The third-order valence-corrected chi connectivity index (χ3v) is 5.97. The molecule has 2 heterocycles. The lowest BCUT2D eigenvalue weighted by Gasteiger charge is -2.23. The minimum absolute atomic E-state index is 0.0961. The largest absolute Gasteiger partial charge is 0.354 e. The molecule has 2 fully saturated rings. The zero-order valence-electron chi connectivity index (χ0n) is 17.6. The standard InChI is InChI=1S/C20H31FN6O3/c1-13-7-8-26(10-13)19-17(21)18(22-14(2)23-19)24-25-20(29)16(11-27(30)12-28)9-15-5-3-4-6-15/h12-13,15-16,30H,3-11H2,1-2H3,(H,25,29)(H,22,23,24)/t13-,16?/m1/s1. The fourth-order valence-electron chi connectivity index (χ4n) is 4.37. The summed E-state index contributed by atoms with van der Waals surface area (Å²) in [6, 6.07) is 0. The van der Waals surface area contributed by atoms with E-state index in [1.807, 2.05) is 4.90 Å². The summed E-state index contributed by atoms with van der Waals surface area (Å²) in [6.45, 7) is 5.11. The van der Waals surface area contributed by atoms with Crippen LogP contribution in [0.3, 0.4) is 0 Å². The average molecular weight is 423 g/mol. The van der Waals surface area contributed by atoms with Crippen LogP contribution >= 0.6 is 0 Å². The maximum atomic E-state index is 15.0. The maximum Gasteiger partial charge on any atom is 0.243 e. The van der Waals surface area contributed by atoms with E-state index in [4.69, 9.17) is 0 Å². The topological polar surface area (TPSA) is 111 Å². The van der Waals surface area contributed by atoms with E-state index in [2.05, 4.69) is 27.7 Å². The van der Waals surface area contributed by atoms with Gasteiger partial charge in [0.25, 0.3) is 0 Å². The van der Waals surface area contributed by atoms with E-state index >= 15 is 4.39 Å². The molecule has 1 aromatic rings. The van der Waals surface area contributed by atoms with Crippen LogP contribution in [0.15, 0.2) is 0 Å². The number of amides is 2. The quantitative estimate of drug-likeness (QED) is 0.318. The Bertz CT molecular complexity index is 758. The molecule has 1 aliphatic heterocycles. The van der Waals surface area contributed by atoms with Crippen LogP contribution in [0.2, 0.25) is 0 Å². The molecular weight excluding hydrogens is 391 g/mol. The molecule has 10 heteroatoms. The molecule has 3 N–H and O–H groups in total. The number of aryl methyl sites for hydroxylation is 1. The van der Waals surface area contributed by atoms with Gasteiger partial charge in [-0.05, 0) is 31.6 Å². The Morgan fingerprint density at radius 2 is 2.10 bits per heavy atom. The van der Waals surface area contributed by atoms with Crippen LogP contribution in [-0.2, 0) is 9.59 Å². The van der Waals surface area contributed by atoms with Crippen LogP contribution < -0.4 is 15.8 Å². The third-order valence-electron chi connectivity index (χ3n) is 5.97. The predicted molar refractivity (Wildman–Crippen MR) is 109 cm³/mol. The molecule has 166 valence electrons. The van der Waals surface area contributed by atoms with Crippen molar-refractivity contribution in [2.75, 3.05) is 30.0 Å². The number of hydrogen-bond donors (Lipinski definition) is 3. The minimum Gasteiger partial charge on any atom is -0.354 e. The number of nitrogens with zero attached hydrogens (tertiary/aromatic N) is 4. The smallest absolute Gasteiger partial charge is 0.243 e. The highest BCUT2D eigenvalue weighted by atomic mass is 19.1. The molecule has 2 amide bonds. The number of carbonyl (C=O) groups is 2. The van der Waals surface area contributed by atoms with Gasteiger partial charge in [-0.3, -0.25) is 25.6 Å². The average Bonchev–Trinajstić information content (AvgIpc) is 3.39. The molecule has 1 unspecified atom stereocenters. The van der Waals surface area contributed by atoms with E-state index in [-0.39, 0.29) is 24.6 Å². The normalized spacial score (nSPS) is 20.3. The third kappa shape index (κ3) is 5.56. The molecule has 0 radical (unpaired) electrons. The Kier molecular flexibility index (Phi) is 7.41. The number of hydrazine groups is 1. The van der Waals surface area contributed by atoms with Crippen LogP contribution in [0.1, 0.15) is 51.3 Å². The van der Waals surface area contributed by atoms with Gasteiger partial charge in [0, 0.05) is 13.1 Å². The Hall–Kier alpha value is -2.49. The van der Waals surface area contributed by atoms with Gasteiger partial charge in [-0.15, -0.1) is 0 Å². The van der Waals surface area contributed by atoms with Gasteiger partial charge in [-0.2, -0.15) is 4.39 Å². The summed E-state index contributed by atoms with van der Waals surface area (Å²) in [7, 11) is 0. The van der Waals surface area contributed by atoms with Gasteiger partial charge >= 0.3 is 0 Å². The summed E-state index contributed by atoms with van der Waals surface area (Å²) in [5, 5.41) is 10.0. The molecule has 3 rings (SSSR count). The van der Waals surface area contributed by atoms with Crippen molar-refractivity contribution in [2.45, 2.75) is 52.4 Å². The number of carbonyl (C=O) groups excluding carboxylic acids is 2. The van der Waals surface area contributed by atoms with Gasteiger partial charge in [0.2, 0.25) is 18.1 Å². The first kappa shape index (κ1) is 22.2. The van der Waals surface area contributed by atoms with Gasteiger partial charge in [0.15, 0.2) is 11.6 Å². The first-order valence-electron chi connectivity index (χ1n) is 10.6. The maximum absolute atomic E-state index is 15.0. The highest BCUT2D eigenvalue weighted by Gasteiger charge is 2.28. The second kappa shape index (κ2) is 10.0. The number of hydroxylamine groups is 2. The highest BCUT2D eigenvalue weighted by molar-refractivity contribution is 5.80. The number of aromatic nitrogens is 2. The van der Waals surface area contributed by atoms with Crippen molar-refractivity contribution >= 4 is 24.0 Å². The van der Waals surface area contributed by atoms with Gasteiger partial charge in [-0.25, -0.2) is 15.0 Å². The van der Waals surface area contributed by atoms with Crippen LogP contribution in [0, 0.1) is 30.5 Å². The summed E-state index contributed by atoms with van der Waals surface area (Å²) in [5.74, 6) is -0.272. The fourth-order valence-corrected chi connectivity index (χ4v) is 4.37. The number of hydrogen-bond acceptors (Lipinski definition) is 7. The molecule has 1 aromatic heterocycles. The van der Waals surface area contributed by atoms with Gasteiger partial charge < -0.3 is 4.90 Å². The lowest BCUT2D eigenvalue weighted by atomic mass is 9.92. The Morgan fingerprint density at radius 1 is 1.37 bits per heavy atom.